The number of rotatable bonds is 2. The van der Waals surface area contributed by atoms with Crippen molar-refractivity contribution in [3.8, 4) is 0 Å². The van der Waals surface area contributed by atoms with Gasteiger partial charge in [-0.1, -0.05) is 78.4 Å². The second kappa shape index (κ2) is 7.79. The number of Topliss-reactive ketones (excluding diaryl/α,β-unsaturated/α-hetero) is 1. The standard InChI is InChI=1S/C28H25NO/c1-20(30)24-10-6-7-13-27(24)29-18-16-23(17-19-29)28-25-11-4-2-8-21(25)14-15-22-9-3-5-12-26(22)28/h2-15H,16-19H2,1H3. The number of carbonyl (C=O) groups is 1. The summed E-state index contributed by atoms with van der Waals surface area (Å²) >= 11 is 0. The zero-order valence-corrected chi connectivity index (χ0v) is 17.3. The number of ketones is 1. The minimum atomic E-state index is 0.132. The zero-order chi connectivity index (χ0) is 20.5. The first kappa shape index (κ1) is 18.6. The minimum absolute atomic E-state index is 0.132. The quantitative estimate of drug-likeness (QED) is 0.365. The molecule has 30 heavy (non-hydrogen) atoms. The van der Waals surface area contributed by atoms with Crippen molar-refractivity contribution in [1.82, 2.24) is 0 Å². The summed E-state index contributed by atoms with van der Waals surface area (Å²) in [5.74, 6) is 0.132. The summed E-state index contributed by atoms with van der Waals surface area (Å²) in [6, 6.07) is 25.4. The highest BCUT2D eigenvalue weighted by atomic mass is 16.1. The summed E-state index contributed by atoms with van der Waals surface area (Å²) in [5.41, 5.74) is 10.00. The minimum Gasteiger partial charge on any atom is -0.370 e. The largest absolute Gasteiger partial charge is 0.370 e. The van der Waals surface area contributed by atoms with Gasteiger partial charge in [0, 0.05) is 24.3 Å². The Morgan fingerprint density at radius 2 is 1.27 bits per heavy atom. The third-order valence-electron chi connectivity index (χ3n) is 6.25. The molecule has 2 aliphatic rings. The topological polar surface area (TPSA) is 20.3 Å². The van der Waals surface area contributed by atoms with Gasteiger partial charge in [0.1, 0.15) is 0 Å². The maximum Gasteiger partial charge on any atom is 0.161 e. The van der Waals surface area contributed by atoms with E-state index in [2.05, 4.69) is 71.6 Å². The van der Waals surface area contributed by atoms with Crippen LogP contribution in [0.5, 0.6) is 0 Å². The Kier molecular flexibility index (Phi) is 4.84. The van der Waals surface area contributed by atoms with Crippen LogP contribution in [0.25, 0.3) is 17.7 Å². The van der Waals surface area contributed by atoms with Gasteiger partial charge in [-0.2, -0.15) is 0 Å². The van der Waals surface area contributed by atoms with E-state index in [-0.39, 0.29) is 5.78 Å². The van der Waals surface area contributed by atoms with Crippen molar-refractivity contribution in [1.29, 1.82) is 0 Å². The number of piperidine rings is 1. The lowest BCUT2D eigenvalue weighted by molar-refractivity contribution is 0.101. The lowest BCUT2D eigenvalue weighted by atomic mass is 9.86. The average molecular weight is 392 g/mol. The highest BCUT2D eigenvalue weighted by Crippen LogP contribution is 2.39. The molecule has 0 atom stereocenters. The van der Waals surface area contributed by atoms with E-state index < -0.39 is 0 Å². The summed E-state index contributed by atoms with van der Waals surface area (Å²) in [6.45, 7) is 3.52. The molecule has 0 saturated carbocycles. The van der Waals surface area contributed by atoms with Crippen molar-refractivity contribution in [3.05, 3.63) is 106 Å². The monoisotopic (exact) mass is 391 g/mol. The molecule has 1 aliphatic heterocycles. The molecule has 3 aromatic carbocycles. The lowest BCUT2D eigenvalue weighted by Crippen LogP contribution is -2.32. The number of anilines is 1. The Balaban J connectivity index is 1.55. The van der Waals surface area contributed by atoms with Crippen LogP contribution < -0.4 is 4.90 Å². The number of fused-ring (bicyclic) bond motifs is 2. The molecule has 0 spiro atoms. The molecule has 0 aromatic heterocycles. The third kappa shape index (κ3) is 3.29. The van der Waals surface area contributed by atoms with Gasteiger partial charge in [0.25, 0.3) is 0 Å². The van der Waals surface area contributed by atoms with Crippen molar-refractivity contribution >= 4 is 29.2 Å². The van der Waals surface area contributed by atoms with Crippen LogP contribution in [0.4, 0.5) is 5.69 Å². The molecule has 1 saturated heterocycles. The summed E-state index contributed by atoms with van der Waals surface area (Å²) in [5, 5.41) is 0. The van der Waals surface area contributed by atoms with Gasteiger partial charge in [0.15, 0.2) is 5.78 Å². The first-order chi connectivity index (χ1) is 14.7. The smallest absolute Gasteiger partial charge is 0.161 e. The molecule has 2 heteroatoms. The molecule has 148 valence electrons. The summed E-state index contributed by atoms with van der Waals surface area (Å²) in [7, 11) is 0. The first-order valence-electron chi connectivity index (χ1n) is 10.7. The van der Waals surface area contributed by atoms with Crippen molar-refractivity contribution < 1.29 is 4.79 Å². The van der Waals surface area contributed by atoms with Crippen molar-refractivity contribution in [2.75, 3.05) is 18.0 Å². The number of hydrogen-bond donors (Lipinski definition) is 0. The highest BCUT2D eigenvalue weighted by Gasteiger charge is 2.23. The van der Waals surface area contributed by atoms with Crippen LogP contribution in [0.1, 0.15) is 52.4 Å². The van der Waals surface area contributed by atoms with Crippen molar-refractivity contribution in [2.24, 2.45) is 0 Å². The van der Waals surface area contributed by atoms with Gasteiger partial charge in [-0.25, -0.2) is 0 Å². The second-order valence-electron chi connectivity index (χ2n) is 8.05. The molecule has 0 radical (unpaired) electrons. The Bertz CT molecular complexity index is 1120. The predicted octanol–water partition coefficient (Wildman–Crippen LogP) is 6.48. The summed E-state index contributed by atoms with van der Waals surface area (Å²) in [6.07, 6.45) is 6.48. The van der Waals surface area contributed by atoms with E-state index in [9.17, 15) is 4.79 Å². The maximum absolute atomic E-state index is 12.1. The van der Waals surface area contributed by atoms with Crippen LogP contribution in [0.2, 0.25) is 0 Å². The maximum atomic E-state index is 12.1. The normalized spacial score (nSPS) is 15.4. The van der Waals surface area contributed by atoms with E-state index >= 15 is 0 Å². The van der Waals surface area contributed by atoms with E-state index in [1.54, 1.807) is 6.92 Å². The lowest BCUT2D eigenvalue weighted by Gasteiger charge is -2.33. The number of nitrogens with zero attached hydrogens (tertiary/aromatic N) is 1. The van der Waals surface area contributed by atoms with Crippen LogP contribution in [-0.2, 0) is 0 Å². The van der Waals surface area contributed by atoms with Gasteiger partial charge < -0.3 is 4.90 Å². The van der Waals surface area contributed by atoms with E-state index in [1.165, 1.54) is 33.4 Å². The van der Waals surface area contributed by atoms with E-state index in [0.717, 1.165) is 37.2 Å². The Hall–Kier alpha value is -3.39. The van der Waals surface area contributed by atoms with Gasteiger partial charge in [0.05, 0.1) is 0 Å². The van der Waals surface area contributed by atoms with Crippen molar-refractivity contribution in [3.63, 3.8) is 0 Å². The molecule has 1 heterocycles. The molecule has 5 rings (SSSR count). The number of para-hydroxylation sites is 1. The van der Waals surface area contributed by atoms with Crippen LogP contribution >= 0.6 is 0 Å². The van der Waals surface area contributed by atoms with Gasteiger partial charge in [-0.3, -0.25) is 4.79 Å². The van der Waals surface area contributed by atoms with E-state index in [4.69, 9.17) is 0 Å². The predicted molar refractivity (Wildman–Crippen MR) is 126 cm³/mol. The fourth-order valence-corrected chi connectivity index (χ4v) is 4.76. The van der Waals surface area contributed by atoms with E-state index in [1.807, 2.05) is 18.2 Å². The van der Waals surface area contributed by atoms with Crippen LogP contribution in [0.3, 0.4) is 0 Å². The van der Waals surface area contributed by atoms with Crippen LogP contribution in [0.15, 0.2) is 78.4 Å². The van der Waals surface area contributed by atoms with Crippen molar-refractivity contribution in [2.45, 2.75) is 19.8 Å². The Morgan fingerprint density at radius 1 is 0.733 bits per heavy atom. The van der Waals surface area contributed by atoms with E-state index in [0.29, 0.717) is 0 Å². The molecule has 1 aliphatic carbocycles. The number of hydrogen-bond acceptors (Lipinski definition) is 2. The molecule has 3 aromatic rings. The van der Waals surface area contributed by atoms with Gasteiger partial charge >= 0.3 is 0 Å². The van der Waals surface area contributed by atoms with Crippen LogP contribution in [-0.4, -0.2) is 18.9 Å². The fourth-order valence-electron chi connectivity index (χ4n) is 4.76. The van der Waals surface area contributed by atoms with Gasteiger partial charge in [0.2, 0.25) is 0 Å². The van der Waals surface area contributed by atoms with Crippen LogP contribution in [0, 0.1) is 0 Å². The molecule has 0 N–H and O–H groups in total. The summed E-state index contributed by atoms with van der Waals surface area (Å²) in [4.78, 5) is 14.5. The zero-order valence-electron chi connectivity index (χ0n) is 17.3. The van der Waals surface area contributed by atoms with Gasteiger partial charge in [-0.05, 0) is 59.7 Å². The number of carbonyl (C=O) groups excluding carboxylic acids is 1. The second-order valence-corrected chi connectivity index (χ2v) is 8.05. The number of benzene rings is 3. The third-order valence-corrected chi connectivity index (χ3v) is 6.25. The molecule has 0 bridgehead atoms. The SMILES string of the molecule is CC(=O)c1ccccc1N1CCC(=C2c3ccccc3C=Cc3ccccc32)CC1. The first-order valence-corrected chi connectivity index (χ1v) is 10.7. The van der Waals surface area contributed by atoms with Gasteiger partial charge in [-0.15, -0.1) is 0 Å². The average Bonchev–Trinajstić information content (AvgIpc) is 2.96. The molecule has 2 nitrogen and oxygen atoms in total. The fraction of sp³-hybridized carbons (Fsp3) is 0.179. The molecule has 1 fully saturated rings. The molecular weight excluding hydrogens is 366 g/mol. The Morgan fingerprint density at radius 3 is 1.87 bits per heavy atom. The molecule has 0 amide bonds. The summed E-state index contributed by atoms with van der Waals surface area (Å²) < 4.78 is 0. The Labute approximate surface area is 178 Å². The molecular formula is C28H25NO. The highest BCUT2D eigenvalue weighted by molar-refractivity contribution is 6.00. The molecule has 0 unspecified atom stereocenters.